The van der Waals surface area contributed by atoms with Gasteiger partial charge < -0.3 is 5.32 Å². The highest BCUT2D eigenvalue weighted by Crippen LogP contribution is 2.45. The van der Waals surface area contributed by atoms with Crippen LogP contribution in [0.15, 0.2) is 0 Å². The molecule has 0 amide bonds. The Kier molecular flexibility index (Phi) is 4.98. The van der Waals surface area contributed by atoms with E-state index in [2.05, 4.69) is 39.9 Å². The van der Waals surface area contributed by atoms with Crippen molar-refractivity contribution in [2.45, 2.75) is 79.2 Å². The van der Waals surface area contributed by atoms with E-state index in [1.807, 2.05) is 0 Å². The molecule has 0 bridgehead atoms. The molecule has 0 saturated heterocycles. The Balaban J connectivity index is 1.94. The van der Waals surface area contributed by atoms with Crippen molar-refractivity contribution in [2.24, 2.45) is 29.1 Å². The smallest absolute Gasteiger partial charge is 0.00683 e. The molecule has 0 aliphatic heterocycles. The molecule has 0 aromatic rings. The van der Waals surface area contributed by atoms with Crippen molar-refractivity contribution in [3.63, 3.8) is 0 Å². The van der Waals surface area contributed by atoms with Crippen LogP contribution >= 0.6 is 0 Å². The first-order valence-electron chi connectivity index (χ1n) is 8.65. The Morgan fingerprint density at radius 3 is 2.32 bits per heavy atom. The molecule has 1 nitrogen and oxygen atoms in total. The van der Waals surface area contributed by atoms with Gasteiger partial charge in [-0.25, -0.2) is 0 Å². The summed E-state index contributed by atoms with van der Waals surface area (Å²) < 4.78 is 0. The van der Waals surface area contributed by atoms with Gasteiger partial charge in [0.2, 0.25) is 0 Å². The molecule has 1 N–H and O–H groups in total. The molecule has 19 heavy (non-hydrogen) atoms. The SMILES string of the molecule is CCC(C)C1CC(C(C)(C)C)CCC1CNC1CC1. The highest BCUT2D eigenvalue weighted by atomic mass is 14.9. The molecular weight excluding hydrogens is 230 g/mol. The number of hydrogen-bond donors (Lipinski definition) is 1. The molecule has 1 heteroatoms. The van der Waals surface area contributed by atoms with E-state index < -0.39 is 0 Å². The molecule has 2 saturated carbocycles. The summed E-state index contributed by atoms with van der Waals surface area (Å²) in [5.41, 5.74) is 0.501. The van der Waals surface area contributed by atoms with Gasteiger partial charge in [0, 0.05) is 6.04 Å². The van der Waals surface area contributed by atoms with Gasteiger partial charge in [0.1, 0.15) is 0 Å². The van der Waals surface area contributed by atoms with Crippen molar-refractivity contribution in [2.75, 3.05) is 6.54 Å². The zero-order valence-corrected chi connectivity index (χ0v) is 13.8. The van der Waals surface area contributed by atoms with Crippen molar-refractivity contribution in [3.05, 3.63) is 0 Å². The van der Waals surface area contributed by atoms with E-state index in [0.717, 1.165) is 29.7 Å². The van der Waals surface area contributed by atoms with Crippen LogP contribution in [0.25, 0.3) is 0 Å². The Labute approximate surface area is 120 Å². The van der Waals surface area contributed by atoms with E-state index >= 15 is 0 Å². The van der Waals surface area contributed by atoms with E-state index in [4.69, 9.17) is 0 Å². The van der Waals surface area contributed by atoms with Crippen LogP contribution in [0.3, 0.4) is 0 Å². The summed E-state index contributed by atoms with van der Waals surface area (Å²) in [6.45, 7) is 13.5. The van der Waals surface area contributed by atoms with Crippen molar-refractivity contribution in [3.8, 4) is 0 Å². The molecule has 2 fully saturated rings. The normalized spacial score (nSPS) is 34.3. The van der Waals surface area contributed by atoms with Crippen LogP contribution < -0.4 is 5.32 Å². The predicted octanol–water partition coefficient (Wildman–Crippen LogP) is 4.86. The van der Waals surface area contributed by atoms with Gasteiger partial charge in [-0.15, -0.1) is 0 Å². The highest BCUT2D eigenvalue weighted by Gasteiger charge is 2.38. The Hall–Kier alpha value is -0.0400. The average molecular weight is 265 g/mol. The minimum Gasteiger partial charge on any atom is -0.314 e. The minimum atomic E-state index is 0.501. The van der Waals surface area contributed by atoms with Crippen LogP contribution in [0.1, 0.15) is 73.1 Å². The van der Waals surface area contributed by atoms with E-state index in [1.54, 1.807) is 0 Å². The van der Waals surface area contributed by atoms with E-state index in [1.165, 1.54) is 45.1 Å². The van der Waals surface area contributed by atoms with Gasteiger partial charge in [-0.05, 0) is 67.7 Å². The van der Waals surface area contributed by atoms with Crippen LogP contribution in [-0.2, 0) is 0 Å². The molecule has 0 radical (unpaired) electrons. The maximum Gasteiger partial charge on any atom is 0.00683 e. The maximum absolute atomic E-state index is 3.79. The van der Waals surface area contributed by atoms with E-state index in [9.17, 15) is 0 Å². The van der Waals surface area contributed by atoms with Crippen molar-refractivity contribution in [1.82, 2.24) is 5.32 Å². The summed E-state index contributed by atoms with van der Waals surface area (Å²) in [4.78, 5) is 0. The first kappa shape index (κ1) is 15.4. The largest absolute Gasteiger partial charge is 0.314 e. The molecule has 2 aliphatic carbocycles. The molecule has 4 unspecified atom stereocenters. The number of nitrogens with one attached hydrogen (secondary N) is 1. The maximum atomic E-state index is 3.79. The first-order valence-corrected chi connectivity index (χ1v) is 8.65. The molecule has 0 heterocycles. The molecule has 2 aliphatic rings. The summed E-state index contributed by atoms with van der Waals surface area (Å²) in [6.07, 6.45) is 8.57. The van der Waals surface area contributed by atoms with E-state index in [-0.39, 0.29) is 0 Å². The lowest BCUT2D eigenvalue weighted by molar-refractivity contribution is 0.0668. The second kappa shape index (κ2) is 6.16. The standard InChI is InChI=1S/C18H35N/c1-6-13(2)17-11-15(18(3,4)5)8-7-14(17)12-19-16-9-10-16/h13-17,19H,6-12H2,1-5H3. The average Bonchev–Trinajstić information content (AvgIpc) is 3.18. The van der Waals surface area contributed by atoms with Gasteiger partial charge in [0.25, 0.3) is 0 Å². The fourth-order valence-corrected chi connectivity index (χ4v) is 3.91. The monoisotopic (exact) mass is 265 g/mol. The second-order valence-corrected chi connectivity index (χ2v) is 8.37. The minimum absolute atomic E-state index is 0.501. The third kappa shape index (κ3) is 4.21. The highest BCUT2D eigenvalue weighted by molar-refractivity contribution is 4.90. The van der Waals surface area contributed by atoms with Crippen molar-refractivity contribution < 1.29 is 0 Å². The van der Waals surface area contributed by atoms with Crippen molar-refractivity contribution in [1.29, 1.82) is 0 Å². The van der Waals surface area contributed by atoms with Gasteiger partial charge in [-0.3, -0.25) is 0 Å². The molecule has 0 aromatic carbocycles. The summed E-state index contributed by atoms with van der Waals surface area (Å²) in [6, 6.07) is 0.873. The Morgan fingerprint density at radius 2 is 1.79 bits per heavy atom. The fraction of sp³-hybridized carbons (Fsp3) is 1.00. The first-order chi connectivity index (χ1) is 8.91. The Bertz CT molecular complexity index is 274. The lowest BCUT2D eigenvalue weighted by atomic mass is 9.62. The van der Waals surface area contributed by atoms with Gasteiger partial charge in [0.15, 0.2) is 0 Å². The molecule has 0 spiro atoms. The van der Waals surface area contributed by atoms with Gasteiger partial charge in [-0.1, -0.05) is 41.0 Å². The van der Waals surface area contributed by atoms with E-state index in [0.29, 0.717) is 5.41 Å². The summed E-state index contributed by atoms with van der Waals surface area (Å²) in [7, 11) is 0. The third-order valence-electron chi connectivity index (χ3n) is 5.89. The zero-order valence-electron chi connectivity index (χ0n) is 13.8. The lowest BCUT2D eigenvalue weighted by Crippen LogP contribution is -2.39. The number of hydrogen-bond acceptors (Lipinski definition) is 1. The summed E-state index contributed by atoms with van der Waals surface area (Å²) in [5.74, 6) is 3.73. The molecule has 2 rings (SSSR count). The van der Waals surface area contributed by atoms with Gasteiger partial charge in [0.05, 0.1) is 0 Å². The third-order valence-corrected chi connectivity index (χ3v) is 5.89. The van der Waals surface area contributed by atoms with Crippen LogP contribution in [0.4, 0.5) is 0 Å². The zero-order chi connectivity index (χ0) is 14.0. The fourth-order valence-electron chi connectivity index (χ4n) is 3.91. The quantitative estimate of drug-likeness (QED) is 0.748. The van der Waals surface area contributed by atoms with Gasteiger partial charge in [-0.2, -0.15) is 0 Å². The molecule has 0 aromatic heterocycles. The van der Waals surface area contributed by atoms with Crippen LogP contribution in [0.5, 0.6) is 0 Å². The molecular formula is C18H35N. The topological polar surface area (TPSA) is 12.0 Å². The van der Waals surface area contributed by atoms with Crippen LogP contribution in [0.2, 0.25) is 0 Å². The molecule has 112 valence electrons. The molecule has 4 atom stereocenters. The van der Waals surface area contributed by atoms with Crippen molar-refractivity contribution >= 4 is 0 Å². The summed E-state index contributed by atoms with van der Waals surface area (Å²) >= 11 is 0. The number of rotatable bonds is 5. The Morgan fingerprint density at radius 1 is 1.11 bits per heavy atom. The second-order valence-electron chi connectivity index (χ2n) is 8.37. The van der Waals surface area contributed by atoms with Crippen LogP contribution in [-0.4, -0.2) is 12.6 Å². The predicted molar refractivity (Wildman–Crippen MR) is 84.3 cm³/mol. The van der Waals surface area contributed by atoms with Gasteiger partial charge >= 0.3 is 0 Å². The summed E-state index contributed by atoms with van der Waals surface area (Å²) in [5, 5.41) is 3.79. The van der Waals surface area contributed by atoms with Crippen LogP contribution in [0, 0.1) is 29.1 Å². The lowest BCUT2D eigenvalue weighted by Gasteiger charge is -2.44.